The van der Waals surface area contributed by atoms with Crippen molar-refractivity contribution in [2.75, 3.05) is 46.8 Å². The van der Waals surface area contributed by atoms with E-state index in [1.165, 1.54) is 0 Å². The maximum absolute atomic E-state index is 5.66. The molecule has 0 fully saturated rings. The fraction of sp³-hybridized carbons (Fsp3) is 0.533. The predicted molar refractivity (Wildman–Crippen MR) is 85.5 cm³/mol. The quantitative estimate of drug-likeness (QED) is 0.466. The molecule has 0 amide bonds. The molecule has 6 heteroatoms. The number of methoxy groups -OCH3 is 1. The molecular weight excluding hydrogens is 290 g/mol. The Hall–Kier alpha value is -1.05. The monoisotopic (exact) mass is 313 g/mol. The first-order chi connectivity index (χ1) is 10.3. The van der Waals surface area contributed by atoms with Crippen molar-refractivity contribution >= 4 is 17.2 Å². The highest BCUT2D eigenvalue weighted by molar-refractivity contribution is 7.80. The van der Waals surface area contributed by atoms with Crippen LogP contribution in [-0.2, 0) is 25.6 Å². The van der Waals surface area contributed by atoms with Crippen molar-refractivity contribution in [1.82, 2.24) is 0 Å². The molecule has 0 spiro atoms. The fourth-order valence-corrected chi connectivity index (χ4v) is 1.85. The van der Waals surface area contributed by atoms with E-state index < -0.39 is 0 Å². The summed E-state index contributed by atoms with van der Waals surface area (Å²) in [4.78, 5) is 0.388. The van der Waals surface area contributed by atoms with Crippen molar-refractivity contribution in [2.24, 2.45) is 5.73 Å². The highest BCUT2D eigenvalue weighted by Crippen LogP contribution is 2.09. The van der Waals surface area contributed by atoms with Crippen molar-refractivity contribution in [3.63, 3.8) is 0 Å². The van der Waals surface area contributed by atoms with Crippen LogP contribution < -0.4 is 5.73 Å². The van der Waals surface area contributed by atoms with Crippen LogP contribution in [-0.4, -0.2) is 51.7 Å². The molecular formula is C15H23NO4S. The van der Waals surface area contributed by atoms with Gasteiger partial charge in [-0.05, 0) is 5.56 Å². The van der Waals surface area contributed by atoms with Gasteiger partial charge in [-0.2, -0.15) is 0 Å². The van der Waals surface area contributed by atoms with Gasteiger partial charge >= 0.3 is 0 Å². The number of rotatable bonds is 12. The van der Waals surface area contributed by atoms with Crippen LogP contribution in [0.25, 0.3) is 0 Å². The Labute approximate surface area is 131 Å². The van der Waals surface area contributed by atoms with E-state index >= 15 is 0 Å². The van der Waals surface area contributed by atoms with Gasteiger partial charge < -0.3 is 24.7 Å². The first-order valence-corrected chi connectivity index (χ1v) is 7.26. The van der Waals surface area contributed by atoms with Gasteiger partial charge in [-0.1, -0.05) is 36.5 Å². The van der Waals surface area contributed by atoms with E-state index in [0.717, 1.165) is 11.1 Å². The molecule has 0 aliphatic carbocycles. The predicted octanol–water partition coefficient (Wildman–Crippen LogP) is 1.52. The summed E-state index contributed by atoms with van der Waals surface area (Å²) in [6.45, 7) is 3.83. The maximum atomic E-state index is 5.66. The van der Waals surface area contributed by atoms with Crippen LogP contribution in [0.5, 0.6) is 0 Å². The molecule has 1 rings (SSSR count). The van der Waals surface area contributed by atoms with Gasteiger partial charge in [0.2, 0.25) is 0 Å². The normalized spacial score (nSPS) is 10.7. The highest BCUT2D eigenvalue weighted by atomic mass is 32.1. The number of thiocarbonyl (C=S) groups is 1. The van der Waals surface area contributed by atoms with Crippen molar-refractivity contribution in [3.8, 4) is 0 Å². The number of benzene rings is 1. The van der Waals surface area contributed by atoms with E-state index in [-0.39, 0.29) is 0 Å². The molecule has 0 bridgehead atoms. The molecule has 1 aromatic carbocycles. The standard InChI is InChI=1S/C15H23NO4S/c1-17-6-7-18-8-9-19-10-11-20-12-13-4-2-3-5-14(13)15(16)21/h2-5H,6-12H2,1H3,(H2,16,21). The smallest absolute Gasteiger partial charge is 0.104 e. The summed E-state index contributed by atoms with van der Waals surface area (Å²) in [6.07, 6.45) is 0. The van der Waals surface area contributed by atoms with E-state index in [9.17, 15) is 0 Å². The van der Waals surface area contributed by atoms with Gasteiger partial charge in [0.15, 0.2) is 0 Å². The zero-order valence-electron chi connectivity index (χ0n) is 12.4. The van der Waals surface area contributed by atoms with Gasteiger partial charge in [-0.15, -0.1) is 0 Å². The van der Waals surface area contributed by atoms with Gasteiger partial charge in [0.1, 0.15) is 4.99 Å². The van der Waals surface area contributed by atoms with Gasteiger partial charge in [0, 0.05) is 12.7 Å². The lowest BCUT2D eigenvalue weighted by atomic mass is 10.1. The first kappa shape index (κ1) is 18.0. The van der Waals surface area contributed by atoms with Gasteiger partial charge in [-0.25, -0.2) is 0 Å². The summed E-state index contributed by atoms with van der Waals surface area (Å²) in [5.41, 5.74) is 7.52. The van der Waals surface area contributed by atoms with Crippen LogP contribution in [0.3, 0.4) is 0 Å². The number of hydrogen-bond acceptors (Lipinski definition) is 5. The maximum Gasteiger partial charge on any atom is 0.104 e. The molecule has 5 nitrogen and oxygen atoms in total. The van der Waals surface area contributed by atoms with Crippen LogP contribution in [0.2, 0.25) is 0 Å². The summed E-state index contributed by atoms with van der Waals surface area (Å²) in [7, 11) is 1.65. The van der Waals surface area contributed by atoms with E-state index in [4.69, 9.17) is 36.9 Å². The molecule has 21 heavy (non-hydrogen) atoms. The molecule has 0 aliphatic heterocycles. The van der Waals surface area contributed by atoms with Gasteiger partial charge in [0.25, 0.3) is 0 Å². The summed E-state index contributed by atoms with van der Waals surface area (Å²) in [6, 6.07) is 7.70. The molecule has 0 unspecified atom stereocenters. The minimum Gasteiger partial charge on any atom is -0.389 e. The van der Waals surface area contributed by atoms with Gasteiger partial charge in [-0.3, -0.25) is 0 Å². The second kappa shape index (κ2) is 11.6. The van der Waals surface area contributed by atoms with Crippen LogP contribution in [0.15, 0.2) is 24.3 Å². The van der Waals surface area contributed by atoms with Crippen LogP contribution in [0.4, 0.5) is 0 Å². The highest BCUT2D eigenvalue weighted by Gasteiger charge is 2.03. The summed E-state index contributed by atoms with van der Waals surface area (Å²) in [5.74, 6) is 0. The van der Waals surface area contributed by atoms with Crippen LogP contribution in [0, 0.1) is 0 Å². The SMILES string of the molecule is COCCOCCOCCOCc1ccccc1C(N)=S. The number of nitrogens with two attached hydrogens (primary N) is 1. The Morgan fingerprint density at radius 3 is 2.14 bits per heavy atom. The molecule has 118 valence electrons. The topological polar surface area (TPSA) is 62.9 Å². The molecule has 0 radical (unpaired) electrons. The molecule has 2 N–H and O–H groups in total. The van der Waals surface area contributed by atoms with Crippen LogP contribution in [0.1, 0.15) is 11.1 Å². The zero-order chi connectivity index (χ0) is 15.3. The first-order valence-electron chi connectivity index (χ1n) is 6.85. The van der Waals surface area contributed by atoms with E-state index in [1.807, 2.05) is 24.3 Å². The summed E-state index contributed by atoms with van der Waals surface area (Å²) < 4.78 is 21.1. The largest absolute Gasteiger partial charge is 0.389 e. The molecule has 0 atom stereocenters. The van der Waals surface area contributed by atoms with Crippen molar-refractivity contribution < 1.29 is 18.9 Å². The lowest BCUT2D eigenvalue weighted by Crippen LogP contribution is -2.14. The van der Waals surface area contributed by atoms with Crippen molar-refractivity contribution in [1.29, 1.82) is 0 Å². The minimum absolute atomic E-state index is 0.388. The Morgan fingerprint density at radius 2 is 1.52 bits per heavy atom. The van der Waals surface area contributed by atoms with Crippen LogP contribution >= 0.6 is 12.2 Å². The van der Waals surface area contributed by atoms with E-state index in [0.29, 0.717) is 51.2 Å². The van der Waals surface area contributed by atoms with Gasteiger partial charge in [0.05, 0.1) is 46.2 Å². The molecule has 0 aromatic heterocycles. The third-order valence-corrected chi connectivity index (χ3v) is 2.94. The second-order valence-electron chi connectivity index (χ2n) is 4.29. The Bertz CT molecular complexity index is 414. The molecule has 0 saturated carbocycles. The summed E-state index contributed by atoms with van der Waals surface area (Å²) in [5, 5.41) is 0. The average molecular weight is 313 g/mol. The third kappa shape index (κ3) is 8.08. The lowest BCUT2D eigenvalue weighted by molar-refractivity contribution is 0.000856. The number of ether oxygens (including phenoxy) is 4. The Kier molecular flexibility index (Phi) is 9.94. The lowest BCUT2D eigenvalue weighted by Gasteiger charge is -2.09. The second-order valence-corrected chi connectivity index (χ2v) is 4.73. The minimum atomic E-state index is 0.388. The molecule has 1 aromatic rings. The van der Waals surface area contributed by atoms with Crippen molar-refractivity contribution in [3.05, 3.63) is 35.4 Å². The number of hydrogen-bond donors (Lipinski definition) is 1. The Morgan fingerprint density at radius 1 is 0.952 bits per heavy atom. The fourth-order valence-electron chi connectivity index (χ4n) is 1.65. The third-order valence-electron chi connectivity index (χ3n) is 2.72. The summed E-state index contributed by atoms with van der Waals surface area (Å²) >= 11 is 5.00. The average Bonchev–Trinajstić information content (AvgIpc) is 2.49. The van der Waals surface area contributed by atoms with E-state index in [1.54, 1.807) is 7.11 Å². The molecule has 0 heterocycles. The molecule has 0 aliphatic rings. The Balaban J connectivity index is 2.06. The molecule has 0 saturated heterocycles. The van der Waals surface area contributed by atoms with Crippen molar-refractivity contribution in [2.45, 2.75) is 6.61 Å². The van der Waals surface area contributed by atoms with E-state index in [2.05, 4.69) is 0 Å². The zero-order valence-corrected chi connectivity index (χ0v) is 13.2.